The van der Waals surface area contributed by atoms with Crippen molar-refractivity contribution in [1.29, 1.82) is 0 Å². The van der Waals surface area contributed by atoms with Gasteiger partial charge in [0.1, 0.15) is 0 Å². The molecule has 16 rings (SSSR count). The van der Waals surface area contributed by atoms with E-state index in [0.717, 1.165) is 104 Å². The quantitative estimate of drug-likeness (QED) is 0.121. The van der Waals surface area contributed by atoms with Crippen LogP contribution in [0.3, 0.4) is 0 Å². The predicted molar refractivity (Wildman–Crippen MR) is 378 cm³/mol. The molecule has 2 aromatic heterocycles. The molecule has 420 valence electrons. The molecule has 5 heteroatoms. The van der Waals surface area contributed by atoms with Crippen LogP contribution in [0, 0.1) is 0 Å². The second-order valence-electron chi connectivity index (χ2n) is 27.1. The van der Waals surface area contributed by atoms with Gasteiger partial charge in [-0.2, -0.15) is 0 Å². The lowest BCUT2D eigenvalue weighted by Gasteiger charge is -2.45. The zero-order valence-corrected chi connectivity index (χ0v) is 51.6. The third kappa shape index (κ3) is 8.45. The van der Waals surface area contributed by atoms with Crippen molar-refractivity contribution >= 4 is 121 Å². The molecule has 0 bridgehead atoms. The summed E-state index contributed by atoms with van der Waals surface area (Å²) in [5.74, 6) is 0. The molecule has 0 saturated carbocycles. The number of fused-ring (bicyclic) bond motifs is 11. The average Bonchev–Trinajstić information content (AvgIpc) is 1.15. The minimum atomic E-state index is -0.541. The van der Waals surface area contributed by atoms with Crippen molar-refractivity contribution in [3.63, 3.8) is 0 Å². The number of hydrogen-bond acceptors (Lipinski definition) is 3. The maximum Gasteiger partial charge on any atom is 0.264 e. The van der Waals surface area contributed by atoms with Gasteiger partial charge < -0.3 is 14.4 Å². The number of para-hydroxylation sites is 2. The maximum absolute atomic E-state index is 11.2. The van der Waals surface area contributed by atoms with E-state index in [9.17, 15) is 4.11 Å². The minimum Gasteiger partial charge on any atom is -0.311 e. The van der Waals surface area contributed by atoms with Gasteiger partial charge in [-0.05, 0) is 160 Å². The Balaban J connectivity index is 1.07. The van der Waals surface area contributed by atoms with Crippen LogP contribution in [0.25, 0.3) is 92.5 Å². The molecule has 0 spiro atoms. The van der Waals surface area contributed by atoms with Crippen molar-refractivity contribution < 1.29 is 4.11 Å². The lowest BCUT2D eigenvalue weighted by molar-refractivity contribution is 0.590. The van der Waals surface area contributed by atoms with Crippen LogP contribution in [0.4, 0.5) is 34.1 Å². The second-order valence-corrected chi connectivity index (χ2v) is 28.1. The number of aromatic nitrogens is 1. The first-order valence-electron chi connectivity index (χ1n) is 32.1. The zero-order valence-electron chi connectivity index (χ0n) is 53.8. The maximum atomic E-state index is 11.2. The van der Waals surface area contributed by atoms with E-state index in [4.69, 9.17) is 0 Å². The summed E-state index contributed by atoms with van der Waals surface area (Å²) in [5.41, 5.74) is 19.1. The fraction of sp³-hybridized carbons (Fsp3) is 0.146. The first kappa shape index (κ1) is 49.8. The van der Waals surface area contributed by atoms with Gasteiger partial charge in [-0.3, -0.25) is 0 Å². The summed E-state index contributed by atoms with van der Waals surface area (Å²) in [6.45, 7) is 20.2. The Morgan fingerprint density at radius 2 is 0.897 bits per heavy atom. The molecule has 14 aromatic rings. The van der Waals surface area contributed by atoms with E-state index in [-0.39, 0.29) is 34.4 Å². The third-order valence-corrected chi connectivity index (χ3v) is 19.7. The molecule has 87 heavy (non-hydrogen) atoms. The molecule has 0 N–H and O–H groups in total. The van der Waals surface area contributed by atoms with Gasteiger partial charge in [-0.1, -0.05) is 238 Å². The summed E-state index contributed by atoms with van der Waals surface area (Å²) in [5, 5.41) is 7.92. The molecule has 3 nitrogen and oxygen atoms in total. The van der Waals surface area contributed by atoms with Gasteiger partial charge in [0.05, 0.1) is 26.5 Å². The zero-order chi connectivity index (χ0) is 61.9. The van der Waals surface area contributed by atoms with Crippen LogP contribution < -0.4 is 25.5 Å². The Morgan fingerprint density at radius 3 is 1.46 bits per heavy atom. The molecule has 0 saturated heterocycles. The predicted octanol–water partition coefficient (Wildman–Crippen LogP) is 21.3. The monoisotopic (exact) mass is 1140 g/mol. The Kier molecular flexibility index (Phi) is 11.2. The minimum absolute atomic E-state index is 0.0234. The summed E-state index contributed by atoms with van der Waals surface area (Å²) in [7, 11) is 0. The number of anilines is 6. The lowest BCUT2D eigenvalue weighted by Crippen LogP contribution is -2.60. The summed E-state index contributed by atoms with van der Waals surface area (Å²) in [6, 6.07) is 84.2. The number of hydrogen-bond donors (Lipinski definition) is 0. The topological polar surface area (TPSA) is 11.4 Å². The fourth-order valence-corrected chi connectivity index (χ4v) is 15.4. The van der Waals surface area contributed by atoms with Crippen molar-refractivity contribution in [2.75, 3.05) is 9.80 Å². The highest BCUT2D eigenvalue weighted by Gasteiger charge is 2.47. The molecule has 12 aromatic carbocycles. The average molecular weight is 1140 g/mol. The summed E-state index contributed by atoms with van der Waals surface area (Å²) in [4.78, 5) is 4.93. The largest absolute Gasteiger partial charge is 0.311 e. The van der Waals surface area contributed by atoms with Crippen LogP contribution in [-0.4, -0.2) is 11.3 Å². The van der Waals surface area contributed by atoms with Gasteiger partial charge in [-0.15, -0.1) is 11.3 Å². The Labute approximate surface area is 519 Å². The normalized spacial score (nSPS) is 13.8. The van der Waals surface area contributed by atoms with E-state index in [1.54, 1.807) is 11.3 Å². The molecule has 0 amide bonds. The van der Waals surface area contributed by atoms with Crippen molar-refractivity contribution in [2.45, 2.75) is 78.6 Å². The number of rotatable bonds is 6. The second kappa shape index (κ2) is 19.6. The van der Waals surface area contributed by atoms with Crippen LogP contribution in [0.1, 0.15) is 83.1 Å². The van der Waals surface area contributed by atoms with E-state index in [0.29, 0.717) is 16.8 Å². The molecule has 0 aliphatic carbocycles. The first-order chi connectivity index (χ1) is 43.3. The van der Waals surface area contributed by atoms with E-state index in [1.807, 2.05) is 12.1 Å². The van der Waals surface area contributed by atoms with Crippen LogP contribution in [0.5, 0.6) is 0 Å². The first-order valence-corrected chi connectivity index (χ1v) is 31.4. The van der Waals surface area contributed by atoms with Gasteiger partial charge >= 0.3 is 0 Å². The van der Waals surface area contributed by atoms with E-state index in [2.05, 4.69) is 295 Å². The van der Waals surface area contributed by atoms with Crippen molar-refractivity contribution in [3.05, 3.63) is 265 Å². The van der Waals surface area contributed by atoms with E-state index >= 15 is 0 Å². The van der Waals surface area contributed by atoms with Crippen LogP contribution in [0.2, 0.25) is 0 Å². The van der Waals surface area contributed by atoms with Gasteiger partial charge in [0.25, 0.3) is 6.71 Å². The molecule has 4 heterocycles. The third-order valence-electron chi connectivity index (χ3n) is 18.5. The number of thiophene rings is 1. The Bertz CT molecular complexity index is 5130. The SMILES string of the molecule is [2H]c1c([2H])c(-n2c3ccccc3c3ccccc32)c([2H])c2c1B1c3sc4cc(C(C)(C)C)ccc4c3N(c3c(-c4ccccc4)cc(C(C)(C)C)cc3-c3ccccc3)c3cc(C(C)(C)C)cc(c31)N2c1ccc(-c2c3ccccc3cc3ccccc23)cc1. The van der Waals surface area contributed by atoms with E-state index < -0.39 is 6.71 Å². The standard InChI is InChI=1S/C82H68BN3S/c1-80(2,3)56-38-42-65-74(49-56)87-79-78(65)86(77-66(51-24-12-10-13-25-51)45-57(81(4,5)6)46-67(77)52-26-14-11-15-27-52)73-48-58(82(7,8)9)47-72-76(73)83(79)68-43-41-60(85-69-34-22-20-32-63(69)64-33-21-23-35-70(64)85)50-71(68)84(72)59-39-36-53(37-40-59)75-61-30-18-16-28-54(61)44-55-29-17-19-31-62(55)75/h10-50H,1-9H3/i41D,43D,50D. The fourth-order valence-electron chi connectivity index (χ4n) is 14.0. The molecule has 2 aliphatic rings. The van der Waals surface area contributed by atoms with Crippen LogP contribution in [-0.2, 0) is 16.2 Å². The molecule has 0 unspecified atom stereocenters. The van der Waals surface area contributed by atoms with Gasteiger partial charge in [0.2, 0.25) is 0 Å². The van der Waals surface area contributed by atoms with Gasteiger partial charge in [0, 0.05) is 65.2 Å². The summed E-state index contributed by atoms with van der Waals surface area (Å²) < 4.78 is 37.1. The molecular formula is C82H68BN3S. The van der Waals surface area contributed by atoms with Gasteiger partial charge in [0.15, 0.2) is 0 Å². The van der Waals surface area contributed by atoms with E-state index in [1.165, 1.54) is 38.2 Å². The molecule has 0 radical (unpaired) electrons. The van der Waals surface area contributed by atoms with Crippen LogP contribution in [0.15, 0.2) is 249 Å². The van der Waals surface area contributed by atoms with Crippen molar-refractivity contribution in [3.8, 4) is 39.1 Å². The van der Waals surface area contributed by atoms with Gasteiger partial charge in [-0.25, -0.2) is 0 Å². The molecule has 2 aliphatic heterocycles. The molecule has 0 atom stereocenters. The number of nitrogens with zero attached hydrogens (tertiary/aromatic N) is 3. The highest BCUT2D eigenvalue weighted by Crippen LogP contribution is 2.55. The Hall–Kier alpha value is -9.42. The highest BCUT2D eigenvalue weighted by molar-refractivity contribution is 7.33. The van der Waals surface area contributed by atoms with Crippen LogP contribution >= 0.6 is 11.3 Å². The number of benzene rings is 12. The summed E-state index contributed by atoms with van der Waals surface area (Å²) in [6.07, 6.45) is 0. The molecular weight excluding hydrogens is 1070 g/mol. The lowest BCUT2D eigenvalue weighted by atomic mass is 9.36. The van der Waals surface area contributed by atoms with Crippen molar-refractivity contribution in [2.24, 2.45) is 0 Å². The summed E-state index contributed by atoms with van der Waals surface area (Å²) >= 11 is 1.80. The smallest absolute Gasteiger partial charge is 0.264 e. The Morgan fingerprint density at radius 1 is 0.391 bits per heavy atom. The molecule has 0 fully saturated rings. The highest BCUT2D eigenvalue weighted by atomic mass is 32.1. The van der Waals surface area contributed by atoms with Crippen molar-refractivity contribution in [1.82, 2.24) is 4.57 Å².